The number of rotatable bonds is 5. The number of ether oxygens (including phenoxy) is 1. The minimum Gasteiger partial charge on any atom is -0.453 e. The predicted octanol–water partition coefficient (Wildman–Crippen LogP) is 3.32. The van der Waals surface area contributed by atoms with Crippen molar-refractivity contribution in [2.75, 3.05) is 30.4 Å². The molecule has 9 nitrogen and oxygen atoms in total. The molecule has 12 heteroatoms. The van der Waals surface area contributed by atoms with E-state index >= 15 is 0 Å². The average Bonchev–Trinajstić information content (AvgIpc) is 2.87. The molecular weight excluding hydrogens is 489 g/mol. The Bertz CT molecular complexity index is 1290. The molecule has 1 saturated heterocycles. The molecule has 3 atom stereocenters. The summed E-state index contributed by atoms with van der Waals surface area (Å²) < 4.78 is 47.6. The number of carbonyl (C=O) groups is 2. The first-order valence-electron chi connectivity index (χ1n) is 11.4. The largest absolute Gasteiger partial charge is 0.453 e. The van der Waals surface area contributed by atoms with Gasteiger partial charge in [-0.15, -0.1) is 0 Å². The van der Waals surface area contributed by atoms with E-state index in [0.717, 1.165) is 30.3 Å². The Morgan fingerprint density at radius 3 is 2.49 bits per heavy atom. The number of halogens is 3. The van der Waals surface area contributed by atoms with E-state index < -0.39 is 46.8 Å². The molecule has 194 valence electrons. The second-order valence-electron chi connectivity index (χ2n) is 8.68. The maximum absolute atomic E-state index is 14.4. The molecule has 0 bridgehead atoms. The maximum Gasteiger partial charge on any atom is 0.407 e. The highest BCUT2D eigenvalue weighted by Crippen LogP contribution is 2.30. The molecular formula is C25H25F3N6O3. The van der Waals surface area contributed by atoms with Gasteiger partial charge >= 0.3 is 6.09 Å². The van der Waals surface area contributed by atoms with Gasteiger partial charge in [-0.05, 0) is 36.2 Å². The summed E-state index contributed by atoms with van der Waals surface area (Å²) in [6, 6.07) is 6.08. The number of alkyl carbamates (subject to hydrolysis) is 1. The number of pyridine rings is 2. The molecule has 1 aliphatic rings. The first kappa shape index (κ1) is 25.9. The van der Waals surface area contributed by atoms with Crippen molar-refractivity contribution in [2.45, 2.75) is 19.0 Å². The molecule has 4 N–H and O–H groups in total. The number of hydrogen-bond donors (Lipinski definition) is 3. The van der Waals surface area contributed by atoms with E-state index in [1.54, 1.807) is 12.3 Å². The fourth-order valence-electron chi connectivity index (χ4n) is 4.38. The molecule has 0 aliphatic carbocycles. The molecule has 0 radical (unpaired) electrons. The standard InChI is InChI=1S/C25H25F3N6O3/c1-13-11-34(12-17(29)22(13)33-25(36)37-2)20-8-9-30-10-19(20)32-24(35)18-7-6-16(28)23(31-18)21-14(26)4-3-5-15(21)27/h3-10,13,17,22H,11-12,29H2,1-2H3,(H,32,35)(H,33,36)/t13-,17+,22-/m0/s1. The molecule has 37 heavy (non-hydrogen) atoms. The van der Waals surface area contributed by atoms with Crippen LogP contribution >= 0.6 is 0 Å². The SMILES string of the molecule is COC(=O)N[C@@H]1[C@H](N)CN(c2ccncc2NC(=O)c2ccc(F)c(-c3c(F)cccc3F)n2)C[C@@H]1C. The van der Waals surface area contributed by atoms with Crippen LogP contribution in [0.1, 0.15) is 17.4 Å². The van der Waals surface area contributed by atoms with Crippen molar-refractivity contribution in [2.24, 2.45) is 11.7 Å². The summed E-state index contributed by atoms with van der Waals surface area (Å²) in [7, 11) is 1.28. The first-order chi connectivity index (χ1) is 17.7. The lowest BCUT2D eigenvalue weighted by atomic mass is 9.90. The summed E-state index contributed by atoms with van der Waals surface area (Å²) in [4.78, 5) is 34.6. The molecule has 0 spiro atoms. The third kappa shape index (κ3) is 5.48. The molecule has 2 aromatic heterocycles. The van der Waals surface area contributed by atoms with Gasteiger partial charge in [0.05, 0.1) is 36.3 Å². The Morgan fingerprint density at radius 1 is 1.08 bits per heavy atom. The Morgan fingerprint density at radius 2 is 1.81 bits per heavy atom. The number of benzene rings is 1. The maximum atomic E-state index is 14.4. The Kier molecular flexibility index (Phi) is 7.58. The van der Waals surface area contributed by atoms with Gasteiger partial charge in [0.1, 0.15) is 28.8 Å². The summed E-state index contributed by atoms with van der Waals surface area (Å²) in [5.41, 5.74) is 5.75. The van der Waals surface area contributed by atoms with Gasteiger partial charge in [0.15, 0.2) is 0 Å². The van der Waals surface area contributed by atoms with E-state index in [1.807, 2.05) is 11.8 Å². The number of nitrogens with zero attached hydrogens (tertiary/aromatic N) is 3. The first-order valence-corrected chi connectivity index (χ1v) is 11.4. The minimum atomic E-state index is -1.01. The van der Waals surface area contributed by atoms with Crippen LogP contribution in [0.15, 0.2) is 48.8 Å². The van der Waals surface area contributed by atoms with Crippen LogP contribution in [0.3, 0.4) is 0 Å². The van der Waals surface area contributed by atoms with Crippen LogP contribution in [0.2, 0.25) is 0 Å². The van der Waals surface area contributed by atoms with Crippen LogP contribution < -0.4 is 21.3 Å². The zero-order chi connectivity index (χ0) is 26.7. The number of aromatic nitrogens is 2. The van der Waals surface area contributed by atoms with Crippen LogP contribution in [0, 0.1) is 23.4 Å². The van der Waals surface area contributed by atoms with Gasteiger partial charge in [-0.1, -0.05) is 13.0 Å². The van der Waals surface area contributed by atoms with Gasteiger partial charge in [-0.2, -0.15) is 0 Å². The van der Waals surface area contributed by atoms with Crippen LogP contribution in [-0.4, -0.2) is 54.3 Å². The van der Waals surface area contributed by atoms with Crippen molar-refractivity contribution in [3.05, 3.63) is 71.9 Å². The quantitative estimate of drug-likeness (QED) is 0.477. The number of nitrogens with two attached hydrogens (primary N) is 1. The van der Waals surface area contributed by atoms with Crippen LogP contribution in [-0.2, 0) is 4.74 Å². The summed E-state index contributed by atoms with van der Waals surface area (Å²) in [6.07, 6.45) is 2.41. The number of anilines is 2. The van der Waals surface area contributed by atoms with Gasteiger partial charge in [0.2, 0.25) is 0 Å². The number of methoxy groups -OCH3 is 1. The summed E-state index contributed by atoms with van der Waals surface area (Å²) in [5.74, 6) is -3.78. The van der Waals surface area contributed by atoms with Gasteiger partial charge in [-0.25, -0.2) is 22.9 Å². The van der Waals surface area contributed by atoms with E-state index in [9.17, 15) is 22.8 Å². The average molecular weight is 515 g/mol. The molecule has 1 fully saturated rings. The molecule has 3 aromatic rings. The van der Waals surface area contributed by atoms with Gasteiger partial charge in [0, 0.05) is 25.3 Å². The summed E-state index contributed by atoms with van der Waals surface area (Å²) >= 11 is 0. The van der Waals surface area contributed by atoms with Crippen molar-refractivity contribution in [3.63, 3.8) is 0 Å². The third-order valence-electron chi connectivity index (χ3n) is 6.15. The normalized spacial score (nSPS) is 19.3. The number of nitrogens with one attached hydrogen (secondary N) is 2. The topological polar surface area (TPSA) is 122 Å². The number of hydrogen-bond acceptors (Lipinski definition) is 7. The van der Waals surface area contributed by atoms with Crippen LogP contribution in [0.25, 0.3) is 11.3 Å². The van der Waals surface area contributed by atoms with Crippen molar-refractivity contribution >= 4 is 23.4 Å². The van der Waals surface area contributed by atoms with Crippen molar-refractivity contribution < 1.29 is 27.5 Å². The zero-order valence-corrected chi connectivity index (χ0v) is 20.0. The van der Waals surface area contributed by atoms with Crippen molar-refractivity contribution in [3.8, 4) is 11.3 Å². The van der Waals surface area contributed by atoms with E-state index in [2.05, 4.69) is 25.3 Å². The summed E-state index contributed by atoms with van der Waals surface area (Å²) in [6.45, 7) is 2.79. The van der Waals surface area contributed by atoms with Gasteiger partial charge in [-0.3, -0.25) is 9.78 Å². The molecule has 2 amide bonds. The number of amides is 2. The van der Waals surface area contributed by atoms with Gasteiger partial charge < -0.3 is 26.0 Å². The second-order valence-corrected chi connectivity index (χ2v) is 8.68. The Balaban J connectivity index is 1.57. The predicted molar refractivity (Wildman–Crippen MR) is 130 cm³/mol. The highest BCUT2D eigenvalue weighted by Gasteiger charge is 2.34. The fourth-order valence-corrected chi connectivity index (χ4v) is 4.38. The second kappa shape index (κ2) is 10.8. The zero-order valence-electron chi connectivity index (χ0n) is 20.0. The molecule has 0 unspecified atom stereocenters. The van der Waals surface area contributed by atoms with E-state index in [0.29, 0.717) is 24.5 Å². The number of carbonyl (C=O) groups excluding carboxylic acids is 2. The smallest absolute Gasteiger partial charge is 0.407 e. The van der Waals surface area contributed by atoms with Crippen LogP contribution in [0.5, 0.6) is 0 Å². The van der Waals surface area contributed by atoms with Gasteiger partial charge in [0.25, 0.3) is 5.91 Å². The highest BCUT2D eigenvalue weighted by molar-refractivity contribution is 6.04. The van der Waals surface area contributed by atoms with Crippen LogP contribution in [0.4, 0.5) is 29.3 Å². The lowest BCUT2D eigenvalue weighted by Gasteiger charge is -2.42. The van der Waals surface area contributed by atoms with Crippen molar-refractivity contribution in [1.82, 2.24) is 15.3 Å². The summed E-state index contributed by atoms with van der Waals surface area (Å²) in [5, 5.41) is 5.44. The Hall–Kier alpha value is -4.19. The van der Waals surface area contributed by atoms with Crippen molar-refractivity contribution in [1.29, 1.82) is 0 Å². The van der Waals surface area contributed by atoms with E-state index in [4.69, 9.17) is 5.73 Å². The molecule has 0 saturated carbocycles. The molecule has 3 heterocycles. The minimum absolute atomic E-state index is 0.0587. The Labute approximate surface area is 210 Å². The fraction of sp³-hybridized carbons (Fsp3) is 0.280. The highest BCUT2D eigenvalue weighted by atomic mass is 19.1. The molecule has 4 rings (SSSR count). The molecule has 1 aromatic carbocycles. The lowest BCUT2D eigenvalue weighted by Crippen LogP contribution is -2.62. The van der Waals surface area contributed by atoms with E-state index in [1.165, 1.54) is 13.3 Å². The number of piperidine rings is 1. The third-order valence-corrected chi connectivity index (χ3v) is 6.15. The lowest BCUT2D eigenvalue weighted by molar-refractivity contribution is 0.102. The monoisotopic (exact) mass is 514 g/mol. The molecule has 1 aliphatic heterocycles. The van der Waals surface area contributed by atoms with E-state index in [-0.39, 0.29) is 17.7 Å².